The molecular formula is C21H22ClFN4O3. The van der Waals surface area contributed by atoms with E-state index in [0.29, 0.717) is 37.0 Å². The van der Waals surface area contributed by atoms with E-state index in [-0.39, 0.29) is 30.3 Å². The molecule has 9 heteroatoms. The van der Waals surface area contributed by atoms with Gasteiger partial charge in [0, 0.05) is 38.1 Å². The Bertz CT molecular complexity index is 944. The zero-order valence-corrected chi connectivity index (χ0v) is 17.1. The van der Waals surface area contributed by atoms with Gasteiger partial charge in [0.2, 0.25) is 5.91 Å². The third-order valence-corrected chi connectivity index (χ3v) is 5.61. The summed E-state index contributed by atoms with van der Waals surface area (Å²) in [4.78, 5) is 34.0. The molecule has 0 N–H and O–H groups in total. The smallest absolute Gasteiger partial charge is 0.325 e. The topological polar surface area (TPSA) is 66.0 Å². The summed E-state index contributed by atoms with van der Waals surface area (Å²) in [6.07, 6.45) is 4.56. The van der Waals surface area contributed by atoms with Crippen molar-refractivity contribution in [3.8, 4) is 5.75 Å². The Labute approximate surface area is 179 Å². The zero-order valence-electron chi connectivity index (χ0n) is 16.3. The third-order valence-electron chi connectivity index (χ3n) is 5.32. The fourth-order valence-electron chi connectivity index (χ4n) is 3.79. The number of carbonyl (C=O) groups is 2. The first kappa shape index (κ1) is 20.4. The second-order valence-corrected chi connectivity index (χ2v) is 7.74. The van der Waals surface area contributed by atoms with Gasteiger partial charge < -0.3 is 14.5 Å². The average Bonchev–Trinajstić information content (AvgIpc) is 3.10. The molecule has 1 atom stereocenters. The molecule has 0 radical (unpaired) electrons. The highest BCUT2D eigenvalue weighted by Crippen LogP contribution is 2.26. The molecule has 2 saturated heterocycles. The van der Waals surface area contributed by atoms with Crippen molar-refractivity contribution >= 4 is 29.2 Å². The van der Waals surface area contributed by atoms with Gasteiger partial charge in [0.05, 0.1) is 12.2 Å². The third kappa shape index (κ3) is 4.33. The molecule has 2 fully saturated rings. The summed E-state index contributed by atoms with van der Waals surface area (Å²) in [5, 5.41) is 0.428. The first-order valence-corrected chi connectivity index (χ1v) is 10.3. The quantitative estimate of drug-likeness (QED) is 0.727. The lowest BCUT2D eigenvalue weighted by atomic mass is 10.1. The summed E-state index contributed by atoms with van der Waals surface area (Å²) in [6.45, 7) is 1.73. The van der Waals surface area contributed by atoms with Gasteiger partial charge in [-0.25, -0.2) is 9.18 Å². The number of benzene rings is 1. The monoisotopic (exact) mass is 432 g/mol. The molecule has 7 nitrogen and oxygen atoms in total. The standard InChI is InChI=1S/C21H22ClFN4O3/c22-16-12-24-8-7-19(16)30-15-4-3-9-25(13-15)20(28)14-26-10-11-27(21(26)29)18-6-2-1-5-17(18)23/h1-2,5-8,12,15H,3-4,9-11,13-14H2. The molecule has 2 aliphatic rings. The van der Waals surface area contributed by atoms with Gasteiger partial charge in [-0.2, -0.15) is 0 Å². The van der Waals surface area contributed by atoms with Crippen LogP contribution in [0, 0.1) is 5.82 Å². The number of halogens is 2. The number of piperidine rings is 1. The van der Waals surface area contributed by atoms with E-state index in [1.807, 2.05) is 0 Å². The van der Waals surface area contributed by atoms with E-state index in [1.54, 1.807) is 35.4 Å². The normalized spacial score (nSPS) is 19.3. The minimum atomic E-state index is -0.454. The number of carbonyl (C=O) groups excluding carboxylic acids is 2. The Hall–Kier alpha value is -2.87. The van der Waals surface area contributed by atoms with E-state index in [1.165, 1.54) is 22.1 Å². The van der Waals surface area contributed by atoms with Crippen LogP contribution in [0.4, 0.5) is 14.9 Å². The minimum Gasteiger partial charge on any atom is -0.487 e. The van der Waals surface area contributed by atoms with Crippen LogP contribution >= 0.6 is 11.6 Å². The molecule has 0 bridgehead atoms. The molecule has 158 valence electrons. The molecule has 2 aromatic rings. The van der Waals surface area contributed by atoms with Gasteiger partial charge in [0.1, 0.15) is 29.2 Å². The maximum atomic E-state index is 14.0. The number of ether oxygens (including phenoxy) is 1. The predicted molar refractivity (Wildman–Crippen MR) is 110 cm³/mol. The van der Waals surface area contributed by atoms with Crippen molar-refractivity contribution in [1.82, 2.24) is 14.8 Å². The maximum absolute atomic E-state index is 14.0. The number of anilines is 1. The van der Waals surface area contributed by atoms with Gasteiger partial charge in [0.25, 0.3) is 0 Å². The van der Waals surface area contributed by atoms with Crippen LogP contribution in [0.25, 0.3) is 0 Å². The number of hydrogen-bond acceptors (Lipinski definition) is 4. The molecule has 1 aromatic carbocycles. The van der Waals surface area contributed by atoms with E-state index in [2.05, 4.69) is 4.98 Å². The van der Waals surface area contributed by atoms with Crippen LogP contribution in [0.2, 0.25) is 5.02 Å². The van der Waals surface area contributed by atoms with Crippen molar-refractivity contribution in [3.63, 3.8) is 0 Å². The summed E-state index contributed by atoms with van der Waals surface area (Å²) in [5.41, 5.74) is 0.234. The molecule has 1 unspecified atom stereocenters. The van der Waals surface area contributed by atoms with Crippen LogP contribution in [-0.2, 0) is 4.79 Å². The van der Waals surface area contributed by atoms with Crippen molar-refractivity contribution in [1.29, 1.82) is 0 Å². The Morgan fingerprint density at radius 1 is 1.23 bits per heavy atom. The van der Waals surface area contributed by atoms with Crippen LogP contribution in [0.1, 0.15) is 12.8 Å². The van der Waals surface area contributed by atoms with Gasteiger partial charge in [-0.15, -0.1) is 0 Å². The van der Waals surface area contributed by atoms with E-state index in [0.717, 1.165) is 12.8 Å². The highest BCUT2D eigenvalue weighted by molar-refractivity contribution is 6.31. The Kier molecular flexibility index (Phi) is 6.03. The Morgan fingerprint density at radius 3 is 2.87 bits per heavy atom. The number of para-hydroxylation sites is 1. The van der Waals surface area contributed by atoms with Gasteiger partial charge in [-0.05, 0) is 25.0 Å². The molecule has 3 heterocycles. The molecule has 4 rings (SSSR count). The second-order valence-electron chi connectivity index (χ2n) is 7.34. The molecule has 1 aromatic heterocycles. The Balaban J connectivity index is 1.35. The minimum absolute atomic E-state index is 0.0352. The lowest BCUT2D eigenvalue weighted by molar-refractivity contribution is -0.134. The van der Waals surface area contributed by atoms with Crippen molar-refractivity contribution in [2.75, 3.05) is 37.6 Å². The fourth-order valence-corrected chi connectivity index (χ4v) is 3.95. The lowest BCUT2D eigenvalue weighted by Crippen LogP contribution is -2.48. The molecule has 2 aliphatic heterocycles. The highest BCUT2D eigenvalue weighted by atomic mass is 35.5. The predicted octanol–water partition coefficient (Wildman–Crippen LogP) is 3.19. The average molecular weight is 433 g/mol. The second kappa shape index (κ2) is 8.87. The summed E-state index contributed by atoms with van der Waals surface area (Å²) in [7, 11) is 0. The summed E-state index contributed by atoms with van der Waals surface area (Å²) in [6, 6.07) is 7.48. The van der Waals surface area contributed by atoms with E-state index in [9.17, 15) is 14.0 Å². The number of nitrogens with zero attached hydrogens (tertiary/aromatic N) is 4. The summed E-state index contributed by atoms with van der Waals surface area (Å²) >= 11 is 6.10. The molecular weight excluding hydrogens is 411 g/mol. The van der Waals surface area contributed by atoms with Crippen LogP contribution in [0.5, 0.6) is 5.75 Å². The van der Waals surface area contributed by atoms with Gasteiger partial charge in [-0.3, -0.25) is 14.7 Å². The zero-order chi connectivity index (χ0) is 21.1. The number of pyridine rings is 1. The largest absolute Gasteiger partial charge is 0.487 e. The molecule has 0 aliphatic carbocycles. The number of amides is 3. The fraction of sp³-hybridized carbons (Fsp3) is 0.381. The highest BCUT2D eigenvalue weighted by Gasteiger charge is 2.34. The van der Waals surface area contributed by atoms with Crippen molar-refractivity contribution in [3.05, 3.63) is 53.6 Å². The number of aromatic nitrogens is 1. The van der Waals surface area contributed by atoms with Gasteiger partial charge in [-0.1, -0.05) is 23.7 Å². The van der Waals surface area contributed by atoms with Crippen molar-refractivity contribution in [2.45, 2.75) is 18.9 Å². The van der Waals surface area contributed by atoms with Gasteiger partial charge in [0.15, 0.2) is 0 Å². The molecule has 0 saturated carbocycles. The maximum Gasteiger partial charge on any atom is 0.325 e. The van der Waals surface area contributed by atoms with E-state index in [4.69, 9.17) is 16.3 Å². The van der Waals surface area contributed by atoms with Crippen molar-refractivity contribution in [2.24, 2.45) is 0 Å². The summed E-state index contributed by atoms with van der Waals surface area (Å²) in [5.74, 6) is -0.0566. The van der Waals surface area contributed by atoms with E-state index < -0.39 is 5.82 Å². The first-order valence-electron chi connectivity index (χ1n) is 9.88. The Morgan fingerprint density at radius 2 is 2.07 bits per heavy atom. The molecule has 0 spiro atoms. The first-order chi connectivity index (χ1) is 14.5. The summed E-state index contributed by atoms with van der Waals surface area (Å²) < 4.78 is 20.0. The van der Waals surface area contributed by atoms with E-state index >= 15 is 0 Å². The van der Waals surface area contributed by atoms with Crippen LogP contribution in [-0.4, -0.2) is 65.5 Å². The van der Waals surface area contributed by atoms with Crippen LogP contribution < -0.4 is 9.64 Å². The van der Waals surface area contributed by atoms with Crippen LogP contribution in [0.15, 0.2) is 42.7 Å². The number of urea groups is 1. The number of likely N-dealkylation sites (tertiary alicyclic amines) is 1. The molecule has 30 heavy (non-hydrogen) atoms. The van der Waals surface area contributed by atoms with Gasteiger partial charge >= 0.3 is 6.03 Å². The van der Waals surface area contributed by atoms with Crippen LogP contribution in [0.3, 0.4) is 0 Å². The number of rotatable bonds is 5. The lowest BCUT2D eigenvalue weighted by Gasteiger charge is -2.34. The number of hydrogen-bond donors (Lipinski definition) is 0. The van der Waals surface area contributed by atoms with Crippen molar-refractivity contribution < 1.29 is 18.7 Å². The molecule has 3 amide bonds. The SMILES string of the molecule is O=C(CN1CCN(c2ccccc2F)C1=O)N1CCCC(Oc2ccncc2Cl)C1.